The molecule has 130 valence electrons. The number of ether oxygens (including phenoxy) is 2. The maximum Gasteiger partial charge on any atom is 0.191 e. The Hall–Kier alpha value is -0.850. The molecule has 0 bridgehead atoms. The normalized spacial score (nSPS) is 18.5. The van der Waals surface area contributed by atoms with Crippen molar-refractivity contribution in [3.05, 3.63) is 0 Å². The number of hydrogen-bond donors (Lipinski definition) is 2. The number of guanidine groups is 1. The molecule has 2 N–H and O–H groups in total. The van der Waals surface area contributed by atoms with E-state index < -0.39 is 0 Å². The highest BCUT2D eigenvalue weighted by Crippen LogP contribution is 2.14. The standard InChI is InChI=1S/C16H34N4O2/c1-5-17-16(18-6-9-21-4)19-13-15(12-14(2)3)20-7-10-22-11-8-20/h14-15H,5-13H2,1-4H3,(H2,17,18,19). The number of morpholine rings is 1. The monoisotopic (exact) mass is 314 g/mol. The number of rotatable bonds is 9. The van der Waals surface area contributed by atoms with E-state index in [-0.39, 0.29) is 0 Å². The Bertz CT molecular complexity index is 305. The van der Waals surface area contributed by atoms with Gasteiger partial charge in [0.1, 0.15) is 0 Å². The van der Waals surface area contributed by atoms with E-state index >= 15 is 0 Å². The lowest BCUT2D eigenvalue weighted by atomic mass is 10.0. The molecule has 0 radical (unpaired) electrons. The van der Waals surface area contributed by atoms with Crippen LogP contribution in [0.25, 0.3) is 0 Å². The Morgan fingerprint density at radius 3 is 2.59 bits per heavy atom. The van der Waals surface area contributed by atoms with E-state index in [0.29, 0.717) is 18.6 Å². The molecule has 1 saturated heterocycles. The lowest BCUT2D eigenvalue weighted by Gasteiger charge is -2.34. The maximum atomic E-state index is 5.47. The molecule has 1 heterocycles. The summed E-state index contributed by atoms with van der Waals surface area (Å²) in [5, 5.41) is 6.60. The Morgan fingerprint density at radius 1 is 1.27 bits per heavy atom. The largest absolute Gasteiger partial charge is 0.383 e. The molecular weight excluding hydrogens is 280 g/mol. The quantitative estimate of drug-likeness (QED) is 0.377. The molecule has 22 heavy (non-hydrogen) atoms. The van der Waals surface area contributed by atoms with Crippen LogP contribution in [-0.2, 0) is 9.47 Å². The van der Waals surface area contributed by atoms with Crippen molar-refractivity contribution in [1.82, 2.24) is 15.5 Å². The van der Waals surface area contributed by atoms with Crippen molar-refractivity contribution in [2.75, 3.05) is 59.7 Å². The van der Waals surface area contributed by atoms with Crippen LogP contribution in [0.1, 0.15) is 27.2 Å². The van der Waals surface area contributed by atoms with E-state index in [4.69, 9.17) is 14.5 Å². The van der Waals surface area contributed by atoms with Crippen LogP contribution in [-0.4, -0.2) is 76.6 Å². The smallest absolute Gasteiger partial charge is 0.191 e. The van der Waals surface area contributed by atoms with Crippen LogP contribution in [0.4, 0.5) is 0 Å². The molecule has 0 aromatic carbocycles. The average molecular weight is 314 g/mol. The van der Waals surface area contributed by atoms with Gasteiger partial charge in [0.05, 0.1) is 26.4 Å². The molecule has 0 aliphatic carbocycles. The summed E-state index contributed by atoms with van der Waals surface area (Å²) in [7, 11) is 1.71. The van der Waals surface area contributed by atoms with E-state index in [1.54, 1.807) is 7.11 Å². The molecule has 0 aromatic rings. The SMILES string of the molecule is CCNC(=NCC(CC(C)C)N1CCOCC1)NCCOC. The third kappa shape index (κ3) is 7.96. The second-order valence-electron chi connectivity index (χ2n) is 6.07. The molecule has 1 aliphatic rings. The molecule has 6 nitrogen and oxygen atoms in total. The van der Waals surface area contributed by atoms with Crippen LogP contribution in [0, 0.1) is 5.92 Å². The number of methoxy groups -OCH3 is 1. The van der Waals surface area contributed by atoms with Gasteiger partial charge in [-0.2, -0.15) is 0 Å². The first-order valence-corrected chi connectivity index (χ1v) is 8.50. The Morgan fingerprint density at radius 2 is 2.00 bits per heavy atom. The van der Waals surface area contributed by atoms with Gasteiger partial charge in [0.2, 0.25) is 0 Å². The highest BCUT2D eigenvalue weighted by molar-refractivity contribution is 5.79. The van der Waals surface area contributed by atoms with E-state index in [2.05, 4.69) is 36.3 Å². The van der Waals surface area contributed by atoms with Gasteiger partial charge >= 0.3 is 0 Å². The maximum absolute atomic E-state index is 5.47. The summed E-state index contributed by atoms with van der Waals surface area (Å²) < 4.78 is 10.5. The summed E-state index contributed by atoms with van der Waals surface area (Å²) >= 11 is 0. The zero-order valence-corrected chi connectivity index (χ0v) is 14.7. The number of nitrogens with zero attached hydrogens (tertiary/aromatic N) is 2. The molecule has 1 rings (SSSR count). The highest BCUT2D eigenvalue weighted by Gasteiger charge is 2.21. The summed E-state index contributed by atoms with van der Waals surface area (Å²) in [6.45, 7) is 13.5. The molecule has 0 amide bonds. The Kier molecular flexibility index (Phi) is 10.2. The van der Waals surface area contributed by atoms with Crippen LogP contribution in [0.5, 0.6) is 0 Å². The molecule has 1 atom stereocenters. The van der Waals surface area contributed by atoms with Crippen molar-refractivity contribution >= 4 is 5.96 Å². The van der Waals surface area contributed by atoms with Gasteiger partial charge < -0.3 is 20.1 Å². The second-order valence-corrected chi connectivity index (χ2v) is 6.07. The molecular formula is C16H34N4O2. The molecule has 1 aliphatic heterocycles. The third-order valence-electron chi connectivity index (χ3n) is 3.71. The van der Waals surface area contributed by atoms with E-state index in [1.165, 1.54) is 6.42 Å². The van der Waals surface area contributed by atoms with Gasteiger partial charge in [0, 0.05) is 39.3 Å². The van der Waals surface area contributed by atoms with E-state index in [9.17, 15) is 0 Å². The lowest BCUT2D eigenvalue weighted by Crippen LogP contribution is -2.46. The van der Waals surface area contributed by atoms with Crippen LogP contribution in [0.3, 0.4) is 0 Å². The minimum atomic E-state index is 0.488. The van der Waals surface area contributed by atoms with Gasteiger partial charge in [-0.3, -0.25) is 9.89 Å². The van der Waals surface area contributed by atoms with Gasteiger partial charge in [0.15, 0.2) is 5.96 Å². The predicted octanol–water partition coefficient (Wildman–Crippen LogP) is 0.935. The fourth-order valence-corrected chi connectivity index (χ4v) is 2.64. The molecule has 1 fully saturated rings. The molecule has 0 aromatic heterocycles. The van der Waals surface area contributed by atoms with E-state index in [0.717, 1.165) is 51.9 Å². The van der Waals surface area contributed by atoms with Crippen molar-refractivity contribution in [3.63, 3.8) is 0 Å². The first-order chi connectivity index (χ1) is 10.7. The summed E-state index contributed by atoms with van der Waals surface area (Å²) in [4.78, 5) is 7.29. The zero-order chi connectivity index (χ0) is 16.2. The van der Waals surface area contributed by atoms with Gasteiger partial charge in [0.25, 0.3) is 0 Å². The van der Waals surface area contributed by atoms with Crippen molar-refractivity contribution in [2.45, 2.75) is 33.2 Å². The van der Waals surface area contributed by atoms with Crippen molar-refractivity contribution in [1.29, 1.82) is 0 Å². The highest BCUT2D eigenvalue weighted by atomic mass is 16.5. The predicted molar refractivity (Wildman–Crippen MR) is 91.5 cm³/mol. The van der Waals surface area contributed by atoms with Gasteiger partial charge in [-0.15, -0.1) is 0 Å². The van der Waals surface area contributed by atoms with Crippen molar-refractivity contribution in [3.8, 4) is 0 Å². The molecule has 1 unspecified atom stereocenters. The van der Waals surface area contributed by atoms with Crippen molar-refractivity contribution < 1.29 is 9.47 Å². The van der Waals surface area contributed by atoms with Crippen LogP contribution >= 0.6 is 0 Å². The average Bonchev–Trinajstić information content (AvgIpc) is 2.52. The molecule has 0 spiro atoms. The number of nitrogens with one attached hydrogen (secondary N) is 2. The lowest BCUT2D eigenvalue weighted by molar-refractivity contribution is 0.0143. The fraction of sp³-hybridized carbons (Fsp3) is 0.938. The van der Waals surface area contributed by atoms with Crippen LogP contribution in [0.15, 0.2) is 4.99 Å². The molecule has 0 saturated carbocycles. The summed E-state index contributed by atoms with van der Waals surface area (Å²) in [5.74, 6) is 1.55. The van der Waals surface area contributed by atoms with Gasteiger partial charge in [-0.25, -0.2) is 0 Å². The van der Waals surface area contributed by atoms with Crippen LogP contribution < -0.4 is 10.6 Å². The minimum Gasteiger partial charge on any atom is -0.383 e. The Labute approximate surface area is 135 Å². The molecule has 6 heteroatoms. The topological polar surface area (TPSA) is 58.1 Å². The zero-order valence-electron chi connectivity index (χ0n) is 14.7. The summed E-state index contributed by atoms with van der Waals surface area (Å²) in [6.07, 6.45) is 1.17. The first-order valence-electron chi connectivity index (χ1n) is 8.50. The summed E-state index contributed by atoms with van der Waals surface area (Å²) in [6, 6.07) is 0.488. The minimum absolute atomic E-state index is 0.488. The first kappa shape index (κ1) is 19.2. The van der Waals surface area contributed by atoms with Gasteiger partial charge in [-0.1, -0.05) is 13.8 Å². The Balaban J connectivity index is 2.57. The van der Waals surface area contributed by atoms with Crippen LogP contribution in [0.2, 0.25) is 0 Å². The second kappa shape index (κ2) is 11.7. The number of hydrogen-bond acceptors (Lipinski definition) is 4. The summed E-state index contributed by atoms with van der Waals surface area (Å²) in [5.41, 5.74) is 0. The van der Waals surface area contributed by atoms with E-state index in [1.807, 2.05) is 0 Å². The van der Waals surface area contributed by atoms with Gasteiger partial charge in [-0.05, 0) is 19.3 Å². The fourth-order valence-electron chi connectivity index (χ4n) is 2.64. The third-order valence-corrected chi connectivity index (χ3v) is 3.71. The van der Waals surface area contributed by atoms with Crippen molar-refractivity contribution in [2.24, 2.45) is 10.9 Å². The number of aliphatic imine (C=N–C) groups is 1.